The largest absolute Gasteiger partial charge is 0.470 e. The van der Waals surface area contributed by atoms with Crippen molar-refractivity contribution in [1.82, 2.24) is 24.8 Å². The summed E-state index contributed by atoms with van der Waals surface area (Å²) in [5.41, 5.74) is 14.3. The smallest absolute Gasteiger partial charge is 0.258 e. The lowest BCUT2D eigenvalue weighted by atomic mass is 9.92. The summed E-state index contributed by atoms with van der Waals surface area (Å²) in [6.07, 6.45) is 7.92. The van der Waals surface area contributed by atoms with Crippen molar-refractivity contribution in [2.24, 2.45) is 0 Å². The number of nitrogens with two attached hydrogens (primary N) is 1. The number of benzene rings is 1. The molecule has 0 atom stereocenters. The number of anilines is 1. The number of likely N-dealkylation sites (N-methyl/N-ethyl adjacent to an activating group) is 1. The van der Waals surface area contributed by atoms with Crippen LogP contribution in [0.15, 0.2) is 61.2 Å². The fourth-order valence-electron chi connectivity index (χ4n) is 4.19. The molecule has 0 bridgehead atoms. The number of nitrogens with zero attached hydrogens (tertiary/aromatic N) is 5. The van der Waals surface area contributed by atoms with Crippen LogP contribution in [0.3, 0.4) is 0 Å². The number of hydrogen-bond donors (Lipinski definition) is 1. The average molecular weight is 463 g/mol. The third kappa shape index (κ3) is 5.29. The predicted octanol–water partition coefficient (Wildman–Crippen LogP) is 3.79. The summed E-state index contributed by atoms with van der Waals surface area (Å²) in [6.45, 7) is 4.46. The Kier molecular flexibility index (Phi) is 6.38. The summed E-state index contributed by atoms with van der Waals surface area (Å²) in [4.78, 5) is 19.8. The van der Waals surface area contributed by atoms with Crippen LogP contribution in [0.5, 0.6) is 5.88 Å². The van der Waals surface area contributed by atoms with Crippen LogP contribution >= 0.6 is 0 Å². The number of pyridine rings is 2. The zero-order valence-corrected chi connectivity index (χ0v) is 19.8. The van der Waals surface area contributed by atoms with Crippen LogP contribution in [0.2, 0.25) is 0 Å². The number of aromatic nitrogens is 4. The van der Waals surface area contributed by atoms with E-state index in [1.165, 1.54) is 16.7 Å². The van der Waals surface area contributed by atoms with Gasteiger partial charge in [-0.1, -0.05) is 5.92 Å². The molecule has 0 unspecified atom stereocenters. The molecule has 35 heavy (non-hydrogen) atoms. The first kappa shape index (κ1) is 22.5. The fourth-order valence-corrected chi connectivity index (χ4v) is 4.19. The minimum atomic E-state index is 0.258. The van der Waals surface area contributed by atoms with Crippen molar-refractivity contribution < 1.29 is 4.74 Å². The Labute approximate surface area is 205 Å². The third-order valence-electron chi connectivity index (χ3n) is 6.01. The first-order valence-corrected chi connectivity index (χ1v) is 11.5. The molecule has 0 saturated carbocycles. The highest BCUT2D eigenvalue weighted by atomic mass is 16.5. The van der Waals surface area contributed by atoms with E-state index in [9.17, 15) is 0 Å². The Hall–Kier alpha value is -4.28. The summed E-state index contributed by atoms with van der Waals surface area (Å²) < 4.78 is 5.97. The second-order valence-corrected chi connectivity index (χ2v) is 8.69. The Bertz CT molecular complexity index is 1420. The molecule has 0 fully saturated rings. The number of hydrogen-bond acceptors (Lipinski definition) is 7. The van der Waals surface area contributed by atoms with Gasteiger partial charge in [0.25, 0.3) is 5.88 Å². The molecule has 1 aliphatic heterocycles. The van der Waals surface area contributed by atoms with Crippen molar-refractivity contribution in [2.45, 2.75) is 26.5 Å². The molecule has 1 aromatic carbocycles. The molecule has 2 N–H and O–H groups in total. The average Bonchev–Trinajstić information content (AvgIpc) is 2.87. The van der Waals surface area contributed by atoms with E-state index in [0.29, 0.717) is 11.6 Å². The van der Waals surface area contributed by atoms with E-state index in [4.69, 9.17) is 15.5 Å². The highest BCUT2D eigenvalue weighted by molar-refractivity contribution is 5.64. The number of aryl methyl sites for hydroxylation is 1. The van der Waals surface area contributed by atoms with Gasteiger partial charge in [0.15, 0.2) is 5.82 Å². The summed E-state index contributed by atoms with van der Waals surface area (Å²) in [7, 11) is 2.15. The first-order chi connectivity index (χ1) is 17.0. The maximum atomic E-state index is 6.09. The summed E-state index contributed by atoms with van der Waals surface area (Å²) in [5, 5.41) is 0. The van der Waals surface area contributed by atoms with E-state index >= 15 is 0 Å². The van der Waals surface area contributed by atoms with Crippen molar-refractivity contribution in [3.05, 3.63) is 94.7 Å². The van der Waals surface area contributed by atoms with Gasteiger partial charge in [0.1, 0.15) is 12.3 Å². The summed E-state index contributed by atoms with van der Waals surface area (Å²) >= 11 is 0. The summed E-state index contributed by atoms with van der Waals surface area (Å²) in [6, 6.07) is 11.9. The van der Waals surface area contributed by atoms with Gasteiger partial charge in [-0.25, -0.2) is 15.0 Å². The molecule has 174 valence electrons. The number of ether oxygens (including phenoxy) is 1. The first-order valence-electron chi connectivity index (χ1n) is 11.5. The number of rotatable bonds is 4. The highest BCUT2D eigenvalue weighted by Gasteiger charge is 2.17. The quantitative estimate of drug-likeness (QED) is 0.462. The third-order valence-corrected chi connectivity index (χ3v) is 6.01. The van der Waals surface area contributed by atoms with Crippen molar-refractivity contribution >= 4 is 5.82 Å². The predicted molar refractivity (Wildman–Crippen MR) is 135 cm³/mol. The van der Waals surface area contributed by atoms with Crippen molar-refractivity contribution in [2.75, 3.05) is 19.3 Å². The zero-order valence-electron chi connectivity index (χ0n) is 19.8. The molecular formula is C28H26N6O. The molecule has 0 radical (unpaired) electrons. The molecule has 1 aliphatic rings. The minimum absolute atomic E-state index is 0.258. The molecule has 0 aliphatic carbocycles. The molecule has 3 aromatic heterocycles. The van der Waals surface area contributed by atoms with Gasteiger partial charge in [-0.2, -0.15) is 0 Å². The zero-order chi connectivity index (χ0) is 24.2. The number of fused-ring (bicyclic) bond motifs is 1. The van der Waals surface area contributed by atoms with Crippen molar-refractivity contribution in [3.63, 3.8) is 0 Å². The molecule has 4 aromatic rings. The SMILES string of the molecule is Cc1cc(-c2cnc(N)c(OCc3ccnc(C#Cc4cccnc4)c3)n2)cc2c1CCN(C)C2. The van der Waals surface area contributed by atoms with Gasteiger partial charge < -0.3 is 15.4 Å². The van der Waals surface area contributed by atoms with Crippen LogP contribution in [0.4, 0.5) is 5.82 Å². The Morgan fingerprint density at radius 2 is 2.00 bits per heavy atom. The van der Waals surface area contributed by atoms with Gasteiger partial charge in [0, 0.05) is 42.8 Å². The monoisotopic (exact) mass is 462 g/mol. The Morgan fingerprint density at radius 1 is 1.09 bits per heavy atom. The van der Waals surface area contributed by atoms with E-state index < -0.39 is 0 Å². The van der Waals surface area contributed by atoms with Crippen LogP contribution in [-0.2, 0) is 19.6 Å². The maximum absolute atomic E-state index is 6.09. The van der Waals surface area contributed by atoms with Crippen LogP contribution in [0, 0.1) is 18.8 Å². The molecule has 0 saturated heterocycles. The standard InChI is InChI=1S/C28H26N6O/c1-19-12-22(14-23-17-34(2)11-8-25(19)23)26-16-32-27(29)28(33-26)35-18-21-7-10-31-24(13-21)6-5-20-4-3-9-30-15-20/h3-4,7,9-10,12-16H,8,11,17-18H2,1-2H3,(H2,29,32). The lowest BCUT2D eigenvalue weighted by Gasteiger charge is -2.27. The van der Waals surface area contributed by atoms with Crippen molar-refractivity contribution in [3.8, 4) is 29.0 Å². The van der Waals surface area contributed by atoms with E-state index in [2.05, 4.69) is 57.8 Å². The second-order valence-electron chi connectivity index (χ2n) is 8.69. The van der Waals surface area contributed by atoms with Gasteiger partial charge in [0.05, 0.1) is 11.9 Å². The topological polar surface area (TPSA) is 90.0 Å². The minimum Gasteiger partial charge on any atom is -0.470 e. The molecule has 5 rings (SSSR count). The van der Waals surface area contributed by atoms with Gasteiger partial charge >= 0.3 is 0 Å². The van der Waals surface area contributed by atoms with E-state index in [1.54, 1.807) is 24.8 Å². The second kappa shape index (κ2) is 9.92. The number of nitrogen functional groups attached to an aromatic ring is 1. The molecule has 7 heteroatoms. The van der Waals surface area contributed by atoms with Gasteiger partial charge in [-0.05, 0) is 85.0 Å². The molecular weight excluding hydrogens is 436 g/mol. The van der Waals surface area contributed by atoms with Crippen LogP contribution in [-0.4, -0.2) is 38.4 Å². The van der Waals surface area contributed by atoms with E-state index in [1.807, 2.05) is 24.3 Å². The molecule has 0 spiro atoms. The highest BCUT2D eigenvalue weighted by Crippen LogP contribution is 2.30. The lowest BCUT2D eigenvalue weighted by Crippen LogP contribution is -2.27. The molecule has 4 heterocycles. The van der Waals surface area contributed by atoms with Gasteiger partial charge in [-0.15, -0.1) is 0 Å². The molecule has 7 nitrogen and oxygen atoms in total. The lowest BCUT2D eigenvalue weighted by molar-refractivity contribution is 0.295. The van der Waals surface area contributed by atoms with Crippen LogP contribution in [0.25, 0.3) is 11.3 Å². The Balaban J connectivity index is 1.34. The van der Waals surface area contributed by atoms with Crippen molar-refractivity contribution in [1.29, 1.82) is 0 Å². The van der Waals surface area contributed by atoms with Gasteiger partial charge in [-0.3, -0.25) is 4.98 Å². The van der Waals surface area contributed by atoms with Crippen LogP contribution < -0.4 is 10.5 Å². The fraction of sp³-hybridized carbons (Fsp3) is 0.214. The Morgan fingerprint density at radius 3 is 2.86 bits per heavy atom. The van der Waals surface area contributed by atoms with E-state index in [-0.39, 0.29) is 12.4 Å². The molecule has 0 amide bonds. The normalized spacial score (nSPS) is 13.0. The van der Waals surface area contributed by atoms with Gasteiger partial charge in [0.2, 0.25) is 0 Å². The van der Waals surface area contributed by atoms with E-state index in [0.717, 1.165) is 41.9 Å². The summed E-state index contributed by atoms with van der Waals surface area (Å²) in [5.74, 6) is 6.70. The van der Waals surface area contributed by atoms with Crippen LogP contribution in [0.1, 0.15) is 33.5 Å². The maximum Gasteiger partial charge on any atom is 0.258 e.